The van der Waals surface area contributed by atoms with Gasteiger partial charge in [0.15, 0.2) is 0 Å². The molecule has 42 heavy (non-hydrogen) atoms. The number of likely N-dealkylation sites (N-methyl/N-ethyl adjacent to an activating group) is 1. The van der Waals surface area contributed by atoms with Crippen LogP contribution in [0.5, 0.6) is 5.88 Å². The topological polar surface area (TPSA) is 83.1 Å². The van der Waals surface area contributed by atoms with Gasteiger partial charge in [-0.2, -0.15) is 17.6 Å². The molecular formula is C31H33F4N5O2. The number of carbonyl (C=O) groups is 1. The molecule has 3 rings (SSSR count). The van der Waals surface area contributed by atoms with Crippen molar-refractivity contribution in [3.05, 3.63) is 108 Å². The summed E-state index contributed by atoms with van der Waals surface area (Å²) < 4.78 is 61.8. The van der Waals surface area contributed by atoms with Crippen molar-refractivity contribution in [2.45, 2.75) is 19.5 Å². The summed E-state index contributed by atoms with van der Waals surface area (Å²) in [6.07, 6.45) is 5.02. The maximum atomic E-state index is 14.4. The molecule has 0 atom stereocenters. The minimum atomic E-state index is -4.53. The second kappa shape index (κ2) is 14.9. The van der Waals surface area contributed by atoms with Crippen LogP contribution in [0.25, 0.3) is 16.5 Å². The van der Waals surface area contributed by atoms with Crippen LogP contribution in [0.4, 0.5) is 17.6 Å². The van der Waals surface area contributed by atoms with Gasteiger partial charge in [0.1, 0.15) is 6.61 Å². The lowest BCUT2D eigenvalue weighted by atomic mass is 9.87. The lowest BCUT2D eigenvalue weighted by Crippen LogP contribution is -2.22. The van der Waals surface area contributed by atoms with E-state index in [0.29, 0.717) is 35.3 Å². The first-order valence-corrected chi connectivity index (χ1v) is 13.1. The number of H-pyrrole nitrogens is 1. The van der Waals surface area contributed by atoms with E-state index < -0.39 is 18.5 Å². The highest BCUT2D eigenvalue weighted by molar-refractivity contribution is 5.90. The third-order valence-electron chi connectivity index (χ3n) is 6.07. The summed E-state index contributed by atoms with van der Waals surface area (Å²) in [5.74, 6) is -0.585. The number of benzene rings is 1. The summed E-state index contributed by atoms with van der Waals surface area (Å²) in [4.78, 5) is 17.3. The van der Waals surface area contributed by atoms with Crippen molar-refractivity contribution in [3.63, 3.8) is 0 Å². The Kier molecular flexibility index (Phi) is 11.4. The van der Waals surface area contributed by atoms with Gasteiger partial charge in [0.25, 0.3) is 0 Å². The Hall–Kier alpha value is -4.51. The van der Waals surface area contributed by atoms with Crippen molar-refractivity contribution in [1.82, 2.24) is 25.4 Å². The zero-order valence-corrected chi connectivity index (χ0v) is 23.6. The molecule has 0 saturated heterocycles. The van der Waals surface area contributed by atoms with E-state index in [1.54, 1.807) is 69.6 Å². The molecule has 0 aliphatic carbocycles. The number of halogens is 4. The predicted molar refractivity (Wildman–Crippen MR) is 156 cm³/mol. The molecule has 0 radical (unpaired) electrons. The Morgan fingerprint density at radius 1 is 1.17 bits per heavy atom. The van der Waals surface area contributed by atoms with Crippen molar-refractivity contribution in [2.24, 2.45) is 0 Å². The van der Waals surface area contributed by atoms with Crippen LogP contribution in [0.1, 0.15) is 24.5 Å². The highest BCUT2D eigenvalue weighted by Crippen LogP contribution is 2.39. The van der Waals surface area contributed by atoms with Crippen molar-refractivity contribution in [1.29, 1.82) is 0 Å². The van der Waals surface area contributed by atoms with Gasteiger partial charge in [-0.15, -0.1) is 5.10 Å². The standard InChI is InChI=1S/C31H33F4N5O2/c1-5-7-9-21(6-2)25(19-31(33,34)35)29(22-11-13-26-24(18-22)30(32)39-38-26)23-12-14-27(37-20-23)42-17-16-36-15-8-10-28(41)40(3)4/h5-14,18,20,36H,1,15-17,19H2,2-4H3,(H,38,39)/b9-7-,10-8+,21-6+,29-25-. The number of ether oxygens (including phenoxy) is 1. The van der Waals surface area contributed by atoms with Gasteiger partial charge in [-0.25, -0.2) is 4.98 Å². The van der Waals surface area contributed by atoms with E-state index >= 15 is 0 Å². The highest BCUT2D eigenvalue weighted by atomic mass is 19.4. The van der Waals surface area contributed by atoms with Crippen molar-refractivity contribution in [2.75, 3.05) is 33.8 Å². The minimum Gasteiger partial charge on any atom is -0.476 e. The molecule has 7 nitrogen and oxygen atoms in total. The van der Waals surface area contributed by atoms with Crippen molar-refractivity contribution in [3.8, 4) is 5.88 Å². The predicted octanol–water partition coefficient (Wildman–Crippen LogP) is 6.15. The van der Waals surface area contributed by atoms with Crippen LogP contribution in [0.2, 0.25) is 0 Å². The lowest BCUT2D eigenvalue weighted by Gasteiger charge is -2.19. The van der Waals surface area contributed by atoms with Crippen molar-refractivity contribution < 1.29 is 27.1 Å². The van der Waals surface area contributed by atoms with Crippen LogP contribution in [0, 0.1) is 5.95 Å². The Labute approximate surface area is 242 Å². The van der Waals surface area contributed by atoms with E-state index in [9.17, 15) is 22.4 Å². The Morgan fingerprint density at radius 3 is 2.57 bits per heavy atom. The monoisotopic (exact) mass is 583 g/mol. The molecule has 1 aromatic carbocycles. The van der Waals surface area contributed by atoms with Gasteiger partial charge in [-0.1, -0.05) is 43.0 Å². The number of carbonyl (C=O) groups excluding carboxylic acids is 1. The molecule has 2 N–H and O–H groups in total. The SMILES string of the molecule is C=C\C=C/C(=C\C)C(/CC(F)(F)F)=C(\c1ccc(OCCNC/C=C/C(=O)N(C)C)nc1)c1ccc2[nH]nc(F)c2c1. The Bertz CT molecular complexity index is 1500. The van der Waals surface area contributed by atoms with Crippen LogP contribution < -0.4 is 10.1 Å². The molecule has 222 valence electrons. The van der Waals surface area contributed by atoms with Crippen LogP contribution >= 0.6 is 0 Å². The van der Waals surface area contributed by atoms with Crippen LogP contribution in [0.3, 0.4) is 0 Å². The van der Waals surface area contributed by atoms with Crippen LogP contribution in [0.15, 0.2) is 90.7 Å². The molecule has 1 amide bonds. The average Bonchev–Trinajstić information content (AvgIpc) is 3.32. The van der Waals surface area contributed by atoms with E-state index in [-0.39, 0.29) is 34.9 Å². The largest absolute Gasteiger partial charge is 0.476 e. The summed E-state index contributed by atoms with van der Waals surface area (Å²) in [6, 6.07) is 7.86. The van der Waals surface area contributed by atoms with E-state index in [1.807, 2.05) is 0 Å². The molecule has 3 aromatic rings. The first-order chi connectivity index (χ1) is 20.0. The number of hydrogen-bond acceptors (Lipinski definition) is 5. The molecule has 0 spiro atoms. The van der Waals surface area contributed by atoms with E-state index in [1.165, 1.54) is 29.3 Å². The van der Waals surface area contributed by atoms with Gasteiger partial charge in [0.05, 0.1) is 17.3 Å². The number of rotatable bonds is 13. The summed E-state index contributed by atoms with van der Waals surface area (Å²) >= 11 is 0. The van der Waals surface area contributed by atoms with E-state index in [4.69, 9.17) is 4.74 Å². The quantitative estimate of drug-likeness (QED) is 0.109. The Morgan fingerprint density at radius 2 is 1.93 bits per heavy atom. The van der Waals surface area contributed by atoms with Gasteiger partial charge in [0.2, 0.25) is 17.7 Å². The molecular weight excluding hydrogens is 550 g/mol. The summed E-state index contributed by atoms with van der Waals surface area (Å²) in [5, 5.41) is 9.40. The fourth-order valence-electron chi connectivity index (χ4n) is 4.07. The Balaban J connectivity index is 1.94. The number of nitrogens with one attached hydrogen (secondary N) is 2. The fraction of sp³-hybridized carbons (Fsp3) is 0.258. The lowest BCUT2D eigenvalue weighted by molar-refractivity contribution is -0.126. The first kappa shape index (κ1) is 32.0. The molecule has 2 aromatic heterocycles. The summed E-state index contributed by atoms with van der Waals surface area (Å²) in [6.45, 7) is 6.48. The van der Waals surface area contributed by atoms with Gasteiger partial charge in [0, 0.05) is 51.1 Å². The molecule has 0 unspecified atom stereocenters. The smallest absolute Gasteiger partial charge is 0.393 e. The van der Waals surface area contributed by atoms with Gasteiger partial charge >= 0.3 is 6.18 Å². The van der Waals surface area contributed by atoms with Gasteiger partial charge in [-0.3, -0.25) is 9.89 Å². The van der Waals surface area contributed by atoms with E-state index in [2.05, 4.69) is 27.1 Å². The zero-order valence-electron chi connectivity index (χ0n) is 23.6. The molecule has 0 bridgehead atoms. The van der Waals surface area contributed by atoms with Crippen molar-refractivity contribution >= 4 is 22.4 Å². The molecule has 0 aliphatic rings. The van der Waals surface area contributed by atoms with Crippen LogP contribution in [-0.4, -0.2) is 66.0 Å². The normalized spacial score (nSPS) is 13.2. The third-order valence-corrected chi connectivity index (χ3v) is 6.07. The number of hydrogen-bond donors (Lipinski definition) is 2. The maximum Gasteiger partial charge on any atom is 0.393 e. The number of allylic oxidation sites excluding steroid dienone is 6. The average molecular weight is 584 g/mol. The molecule has 2 heterocycles. The number of aromatic nitrogens is 3. The minimum absolute atomic E-state index is 0.00757. The first-order valence-electron chi connectivity index (χ1n) is 13.1. The van der Waals surface area contributed by atoms with Gasteiger partial charge < -0.3 is 15.0 Å². The number of alkyl halides is 3. The van der Waals surface area contributed by atoms with Gasteiger partial charge in [-0.05, 0) is 47.4 Å². The van der Waals surface area contributed by atoms with E-state index in [0.717, 1.165) is 0 Å². The second-order valence-corrected chi connectivity index (χ2v) is 9.33. The number of fused-ring (bicyclic) bond motifs is 1. The second-order valence-electron chi connectivity index (χ2n) is 9.33. The molecule has 0 fully saturated rings. The molecule has 0 saturated carbocycles. The molecule has 0 aliphatic heterocycles. The number of pyridine rings is 1. The number of nitrogens with zero attached hydrogens (tertiary/aromatic N) is 3. The summed E-state index contributed by atoms with van der Waals surface area (Å²) in [5.41, 5.74) is 1.76. The maximum absolute atomic E-state index is 14.4. The molecule has 11 heteroatoms. The zero-order chi connectivity index (χ0) is 30.7. The fourth-order valence-corrected chi connectivity index (χ4v) is 4.07. The highest BCUT2D eigenvalue weighted by Gasteiger charge is 2.32. The summed E-state index contributed by atoms with van der Waals surface area (Å²) in [7, 11) is 3.33. The number of aromatic amines is 1. The third kappa shape index (κ3) is 9.00. The van der Waals surface area contributed by atoms with Crippen LogP contribution in [-0.2, 0) is 4.79 Å². The number of amides is 1.